The molecule has 4 rings (SSSR count). The molecule has 0 radical (unpaired) electrons. The van der Waals surface area contributed by atoms with Gasteiger partial charge in [-0.2, -0.15) is 5.10 Å². The van der Waals surface area contributed by atoms with E-state index in [1.54, 1.807) is 0 Å². The van der Waals surface area contributed by atoms with Gasteiger partial charge in [0.05, 0.1) is 0 Å². The molecule has 0 spiro atoms. The molecule has 2 aliphatic rings. The molecule has 1 aromatic heterocycles. The first-order valence-electron chi connectivity index (χ1n) is 8.83. The summed E-state index contributed by atoms with van der Waals surface area (Å²) in [6, 6.07) is 5.90. The van der Waals surface area contributed by atoms with Crippen molar-refractivity contribution >= 4 is 17.5 Å². The van der Waals surface area contributed by atoms with Crippen molar-refractivity contribution in [1.29, 1.82) is 0 Å². The molecule has 2 amide bonds. The van der Waals surface area contributed by atoms with E-state index in [1.807, 2.05) is 23.1 Å². The van der Waals surface area contributed by atoms with E-state index >= 15 is 0 Å². The minimum Gasteiger partial charge on any atom is -0.368 e. The zero-order valence-corrected chi connectivity index (χ0v) is 14.4. The number of benzene rings is 1. The van der Waals surface area contributed by atoms with Crippen LogP contribution in [0, 0.1) is 0 Å². The fourth-order valence-electron chi connectivity index (χ4n) is 3.41. The molecule has 8 heteroatoms. The number of aromatic nitrogens is 3. The first kappa shape index (κ1) is 16.7. The Morgan fingerprint density at radius 1 is 1.31 bits per heavy atom. The van der Waals surface area contributed by atoms with E-state index in [1.165, 1.54) is 22.9 Å². The Bertz CT molecular complexity index is 799. The summed E-state index contributed by atoms with van der Waals surface area (Å²) < 4.78 is 6.94. The van der Waals surface area contributed by atoms with Gasteiger partial charge in [0.1, 0.15) is 25.3 Å². The number of nitrogens with one attached hydrogen (secondary N) is 1. The highest BCUT2D eigenvalue weighted by atomic mass is 16.5. The highest BCUT2D eigenvalue weighted by Gasteiger charge is 2.25. The summed E-state index contributed by atoms with van der Waals surface area (Å²) in [6.45, 7) is 2.05. The first-order chi connectivity index (χ1) is 12.7. The summed E-state index contributed by atoms with van der Waals surface area (Å²) in [5, 5.41) is 6.90. The van der Waals surface area contributed by atoms with Crippen LogP contribution in [0.1, 0.15) is 24.0 Å². The normalized spacial score (nSPS) is 19.2. The van der Waals surface area contributed by atoms with Crippen LogP contribution in [0.25, 0.3) is 0 Å². The lowest BCUT2D eigenvalue weighted by atomic mass is 9.99. The summed E-state index contributed by atoms with van der Waals surface area (Å²) in [7, 11) is 0. The van der Waals surface area contributed by atoms with E-state index in [0.717, 1.165) is 30.5 Å². The number of anilines is 1. The van der Waals surface area contributed by atoms with Crippen molar-refractivity contribution in [2.75, 3.05) is 18.5 Å². The second kappa shape index (κ2) is 7.25. The average molecular weight is 355 g/mol. The van der Waals surface area contributed by atoms with E-state index in [0.29, 0.717) is 19.7 Å². The molecule has 2 aromatic rings. The number of fused-ring (bicyclic) bond motifs is 1. The Labute approximate surface area is 151 Å². The van der Waals surface area contributed by atoms with Crippen LogP contribution in [0.5, 0.6) is 0 Å². The van der Waals surface area contributed by atoms with Gasteiger partial charge in [0.15, 0.2) is 0 Å². The summed E-state index contributed by atoms with van der Waals surface area (Å²) in [5.41, 5.74) is 3.02. The standard InChI is InChI=1S/C18H21N5O3/c24-17(10-23-12-19-11-20-23)22-6-5-13-3-4-15(8-14(13)9-22)21-18(25)16-2-1-7-26-16/h3-4,8,11-12,16H,1-2,5-7,9-10H2,(H,21,25)/t16-/m0/s1. The number of hydrogen-bond donors (Lipinski definition) is 1. The predicted octanol–water partition coefficient (Wildman–Crippen LogP) is 0.980. The molecule has 136 valence electrons. The summed E-state index contributed by atoms with van der Waals surface area (Å²) in [6.07, 6.45) is 5.09. The fourth-order valence-corrected chi connectivity index (χ4v) is 3.41. The Morgan fingerprint density at radius 3 is 3.00 bits per heavy atom. The third-order valence-electron chi connectivity index (χ3n) is 4.82. The maximum absolute atomic E-state index is 12.5. The molecule has 0 saturated carbocycles. The van der Waals surface area contributed by atoms with Crippen molar-refractivity contribution in [1.82, 2.24) is 19.7 Å². The molecule has 26 heavy (non-hydrogen) atoms. The van der Waals surface area contributed by atoms with Crippen molar-refractivity contribution in [2.24, 2.45) is 0 Å². The van der Waals surface area contributed by atoms with E-state index in [4.69, 9.17) is 4.74 Å². The lowest BCUT2D eigenvalue weighted by molar-refractivity contribution is -0.133. The van der Waals surface area contributed by atoms with Crippen LogP contribution >= 0.6 is 0 Å². The summed E-state index contributed by atoms with van der Waals surface area (Å²) in [4.78, 5) is 30.4. The van der Waals surface area contributed by atoms with Gasteiger partial charge < -0.3 is 15.0 Å². The van der Waals surface area contributed by atoms with E-state index in [-0.39, 0.29) is 24.5 Å². The van der Waals surface area contributed by atoms with Crippen molar-refractivity contribution in [3.05, 3.63) is 42.0 Å². The van der Waals surface area contributed by atoms with E-state index in [9.17, 15) is 9.59 Å². The number of carbonyl (C=O) groups excluding carboxylic acids is 2. The molecule has 1 fully saturated rings. The minimum absolute atomic E-state index is 0.00921. The van der Waals surface area contributed by atoms with Gasteiger partial charge in [-0.25, -0.2) is 9.67 Å². The van der Waals surface area contributed by atoms with Gasteiger partial charge in [0.25, 0.3) is 5.91 Å². The lowest BCUT2D eigenvalue weighted by Crippen LogP contribution is -2.38. The van der Waals surface area contributed by atoms with Crippen molar-refractivity contribution in [2.45, 2.75) is 38.5 Å². The predicted molar refractivity (Wildman–Crippen MR) is 93.2 cm³/mol. The number of amides is 2. The Hall–Kier alpha value is -2.74. The van der Waals surface area contributed by atoms with Crippen LogP contribution in [0.15, 0.2) is 30.9 Å². The number of hydrogen-bond acceptors (Lipinski definition) is 5. The highest BCUT2D eigenvalue weighted by molar-refractivity contribution is 5.94. The molecule has 1 atom stereocenters. The SMILES string of the molecule is O=C(Nc1ccc2c(c1)CN(C(=O)Cn1cncn1)CC2)[C@@H]1CCCO1. The van der Waals surface area contributed by atoms with Crippen molar-refractivity contribution < 1.29 is 14.3 Å². The smallest absolute Gasteiger partial charge is 0.253 e. The molecule has 0 unspecified atom stereocenters. The molecule has 8 nitrogen and oxygen atoms in total. The Kier molecular flexibility index (Phi) is 4.66. The molecular weight excluding hydrogens is 334 g/mol. The average Bonchev–Trinajstić information content (AvgIpc) is 3.35. The molecule has 3 heterocycles. The molecule has 1 aromatic carbocycles. The monoisotopic (exact) mass is 355 g/mol. The highest BCUT2D eigenvalue weighted by Crippen LogP contribution is 2.24. The molecule has 1 N–H and O–H groups in total. The van der Waals surface area contributed by atoms with Crippen LogP contribution in [0.4, 0.5) is 5.69 Å². The third kappa shape index (κ3) is 3.60. The quantitative estimate of drug-likeness (QED) is 0.883. The van der Waals surface area contributed by atoms with Crippen LogP contribution in [0.2, 0.25) is 0 Å². The molecular formula is C18H21N5O3. The Balaban J connectivity index is 1.42. The van der Waals surface area contributed by atoms with Crippen molar-refractivity contribution in [3.63, 3.8) is 0 Å². The first-order valence-corrected chi connectivity index (χ1v) is 8.83. The third-order valence-corrected chi connectivity index (χ3v) is 4.82. The van der Waals surface area contributed by atoms with Gasteiger partial charge in [-0.1, -0.05) is 6.07 Å². The minimum atomic E-state index is -0.355. The summed E-state index contributed by atoms with van der Waals surface area (Å²) >= 11 is 0. The van der Waals surface area contributed by atoms with Crippen molar-refractivity contribution in [3.8, 4) is 0 Å². The van der Waals surface area contributed by atoms with Gasteiger partial charge >= 0.3 is 0 Å². The number of nitrogens with zero attached hydrogens (tertiary/aromatic N) is 4. The van der Waals surface area contributed by atoms with Gasteiger partial charge in [0, 0.05) is 25.4 Å². The van der Waals surface area contributed by atoms with E-state index in [2.05, 4.69) is 15.4 Å². The van der Waals surface area contributed by atoms with Crippen LogP contribution in [-0.2, 0) is 33.8 Å². The molecule has 0 aliphatic carbocycles. The van der Waals surface area contributed by atoms with E-state index < -0.39 is 0 Å². The maximum Gasteiger partial charge on any atom is 0.253 e. The van der Waals surface area contributed by atoms with Gasteiger partial charge in [-0.3, -0.25) is 9.59 Å². The topological polar surface area (TPSA) is 89.4 Å². The van der Waals surface area contributed by atoms with Gasteiger partial charge in [-0.05, 0) is 42.5 Å². The maximum atomic E-state index is 12.5. The molecule has 1 saturated heterocycles. The zero-order chi connectivity index (χ0) is 17.9. The molecule has 0 bridgehead atoms. The number of ether oxygens (including phenoxy) is 1. The van der Waals surface area contributed by atoms with Crippen LogP contribution < -0.4 is 5.32 Å². The summed E-state index contributed by atoms with van der Waals surface area (Å²) in [5.74, 6) is -0.0904. The van der Waals surface area contributed by atoms with Gasteiger partial charge in [0.2, 0.25) is 5.91 Å². The number of rotatable bonds is 4. The van der Waals surface area contributed by atoms with Crippen LogP contribution in [-0.4, -0.2) is 50.7 Å². The van der Waals surface area contributed by atoms with Crippen LogP contribution in [0.3, 0.4) is 0 Å². The van der Waals surface area contributed by atoms with Gasteiger partial charge in [-0.15, -0.1) is 0 Å². The Morgan fingerprint density at radius 2 is 2.23 bits per heavy atom. The fraction of sp³-hybridized carbons (Fsp3) is 0.444. The largest absolute Gasteiger partial charge is 0.368 e. The molecule has 2 aliphatic heterocycles. The second-order valence-electron chi connectivity index (χ2n) is 6.63. The lowest BCUT2D eigenvalue weighted by Gasteiger charge is -2.29. The number of carbonyl (C=O) groups is 2. The zero-order valence-electron chi connectivity index (χ0n) is 14.4. The second-order valence-corrected chi connectivity index (χ2v) is 6.63.